The van der Waals surface area contributed by atoms with Crippen molar-refractivity contribution >= 4 is 14.7 Å². The van der Waals surface area contributed by atoms with Gasteiger partial charge in [0.15, 0.2) is 9.84 Å². The minimum Gasteiger partial charge on any atom is -0.279 e. The summed E-state index contributed by atoms with van der Waals surface area (Å²) in [4.78, 5) is 4.56. The zero-order chi connectivity index (χ0) is 9.47. The molecule has 4 heteroatoms. The second kappa shape index (κ2) is 2.67. The van der Waals surface area contributed by atoms with Gasteiger partial charge in [0.2, 0.25) is 0 Å². The summed E-state index contributed by atoms with van der Waals surface area (Å²) in [7, 11) is -3.09. The third kappa shape index (κ3) is 1.37. The van der Waals surface area contributed by atoms with Gasteiger partial charge in [-0.15, -0.1) is 0 Å². The Morgan fingerprint density at radius 2 is 2.00 bits per heavy atom. The van der Waals surface area contributed by atoms with E-state index in [4.69, 9.17) is 0 Å². The number of fused-ring (bicyclic) bond motifs is 1. The Bertz CT molecular complexity index is 558. The number of hydrogen-bond donors (Lipinski definition) is 0. The Labute approximate surface area is 76.4 Å². The highest BCUT2D eigenvalue weighted by Gasteiger charge is 2.15. The van der Waals surface area contributed by atoms with Gasteiger partial charge in [0.25, 0.3) is 0 Å². The largest absolute Gasteiger partial charge is 0.279 e. The van der Waals surface area contributed by atoms with Crippen molar-refractivity contribution in [2.75, 3.05) is 12.8 Å². The van der Waals surface area contributed by atoms with Crippen LogP contribution >= 0.6 is 0 Å². The van der Waals surface area contributed by atoms with Crippen molar-refractivity contribution in [2.45, 2.75) is 0 Å². The van der Waals surface area contributed by atoms with Crippen LogP contribution < -0.4 is 10.6 Å². The van der Waals surface area contributed by atoms with Crippen LogP contribution in [-0.2, 0) is 9.84 Å². The molecule has 0 fully saturated rings. The predicted octanol–water partition coefficient (Wildman–Crippen LogP) is -0.527. The van der Waals surface area contributed by atoms with Crippen molar-refractivity contribution < 1.29 is 8.42 Å². The number of para-hydroxylation sites is 1. The molecule has 1 aromatic carbocycles. The minimum atomic E-state index is -3.09. The molecule has 0 unspecified atom stereocenters. The lowest BCUT2D eigenvalue weighted by Crippen LogP contribution is -2.24. The molecular formula is C9H9NO2S. The van der Waals surface area contributed by atoms with Gasteiger partial charge in [-0.1, -0.05) is 18.2 Å². The van der Waals surface area contributed by atoms with Gasteiger partial charge < -0.3 is 0 Å². The number of sulfone groups is 1. The third-order valence-corrected chi connectivity index (χ3v) is 3.29. The van der Waals surface area contributed by atoms with Crippen LogP contribution in [0.1, 0.15) is 0 Å². The van der Waals surface area contributed by atoms with Crippen molar-refractivity contribution in [1.82, 2.24) is 0 Å². The molecule has 0 atom stereocenters. The second-order valence-corrected chi connectivity index (χ2v) is 5.07. The maximum atomic E-state index is 11.3. The summed E-state index contributed by atoms with van der Waals surface area (Å²) >= 11 is 0. The third-order valence-electron chi connectivity index (χ3n) is 2.05. The van der Waals surface area contributed by atoms with Crippen molar-refractivity contribution in [1.29, 1.82) is 0 Å². The molecule has 0 radical (unpaired) electrons. The van der Waals surface area contributed by atoms with E-state index < -0.39 is 9.84 Å². The van der Waals surface area contributed by atoms with E-state index in [0.29, 0.717) is 4.91 Å². The number of nitrogens with zero attached hydrogens (tertiary/aromatic N) is 1. The van der Waals surface area contributed by atoms with E-state index in [0.717, 1.165) is 10.6 Å². The van der Waals surface area contributed by atoms with E-state index in [1.807, 2.05) is 18.2 Å². The zero-order valence-electron chi connectivity index (χ0n) is 7.19. The molecule has 0 saturated heterocycles. The topological polar surface area (TPSA) is 46.5 Å². The van der Waals surface area contributed by atoms with Crippen LogP contribution in [0.15, 0.2) is 29.3 Å². The van der Waals surface area contributed by atoms with E-state index in [1.54, 1.807) is 6.07 Å². The first kappa shape index (κ1) is 8.44. The van der Waals surface area contributed by atoms with Gasteiger partial charge in [0.1, 0.15) is 0 Å². The van der Waals surface area contributed by atoms with E-state index >= 15 is 0 Å². The maximum Gasteiger partial charge on any atom is 0.174 e. The van der Waals surface area contributed by atoms with Crippen LogP contribution in [0.3, 0.4) is 0 Å². The highest BCUT2D eigenvalue weighted by atomic mass is 32.2. The van der Waals surface area contributed by atoms with Crippen LogP contribution in [0.2, 0.25) is 0 Å². The van der Waals surface area contributed by atoms with Gasteiger partial charge in [0.05, 0.1) is 16.8 Å². The summed E-state index contributed by atoms with van der Waals surface area (Å²) in [6.45, 7) is 0.290. The molecule has 1 aromatic rings. The summed E-state index contributed by atoms with van der Waals surface area (Å²) in [6, 6.07) is 7.30. The fraction of sp³-hybridized carbons (Fsp3) is 0.222. The van der Waals surface area contributed by atoms with Gasteiger partial charge in [-0.2, -0.15) is 0 Å². The van der Waals surface area contributed by atoms with Crippen LogP contribution in [0.25, 0.3) is 4.91 Å². The lowest BCUT2D eigenvalue weighted by Gasteiger charge is -1.95. The molecule has 0 spiro atoms. The number of hydrogen-bond acceptors (Lipinski definition) is 3. The standard InChI is InChI=1S/C9H9NO2S/c1-13(11,12)9-6-10-8-5-3-2-4-7(8)9/h2-5H,6H2,1H3. The van der Waals surface area contributed by atoms with Crippen molar-refractivity contribution in [3.8, 4) is 0 Å². The SMILES string of the molecule is CS(=O)(=O)C1=c2ccccc2=NC1. The van der Waals surface area contributed by atoms with Gasteiger partial charge in [-0.05, 0) is 6.07 Å². The number of benzene rings is 1. The second-order valence-electron chi connectivity index (χ2n) is 3.03. The normalized spacial score (nSPS) is 15.3. The molecular weight excluding hydrogens is 186 g/mol. The fourth-order valence-corrected chi connectivity index (χ4v) is 2.28. The Kier molecular flexibility index (Phi) is 1.73. The van der Waals surface area contributed by atoms with Crippen LogP contribution in [-0.4, -0.2) is 21.2 Å². The quantitative estimate of drug-likeness (QED) is 0.605. The Hall–Kier alpha value is -1.16. The summed E-state index contributed by atoms with van der Waals surface area (Å²) in [5.74, 6) is 0. The molecule has 0 saturated carbocycles. The lowest BCUT2D eigenvalue weighted by molar-refractivity contribution is 0.610. The molecule has 2 rings (SSSR count). The first-order valence-corrected chi connectivity index (χ1v) is 5.81. The molecule has 3 nitrogen and oxygen atoms in total. The summed E-state index contributed by atoms with van der Waals surface area (Å²) in [6.07, 6.45) is 1.22. The van der Waals surface area contributed by atoms with E-state index in [9.17, 15) is 8.42 Å². The number of rotatable bonds is 1. The van der Waals surface area contributed by atoms with Crippen molar-refractivity contribution in [3.63, 3.8) is 0 Å². The molecule has 1 aliphatic heterocycles. The van der Waals surface area contributed by atoms with E-state index in [-0.39, 0.29) is 6.54 Å². The highest BCUT2D eigenvalue weighted by molar-refractivity contribution is 7.99. The molecule has 0 amide bonds. The Balaban J connectivity index is 2.91. The fourth-order valence-electron chi connectivity index (χ4n) is 1.41. The molecule has 13 heavy (non-hydrogen) atoms. The smallest absolute Gasteiger partial charge is 0.174 e. The Morgan fingerprint density at radius 1 is 1.31 bits per heavy atom. The van der Waals surface area contributed by atoms with Gasteiger partial charge in [-0.3, -0.25) is 4.99 Å². The highest BCUT2D eigenvalue weighted by Crippen LogP contribution is 2.05. The van der Waals surface area contributed by atoms with Crippen molar-refractivity contribution in [3.05, 3.63) is 34.8 Å². The average molecular weight is 195 g/mol. The minimum absolute atomic E-state index is 0.290. The van der Waals surface area contributed by atoms with Crippen LogP contribution in [0.5, 0.6) is 0 Å². The van der Waals surface area contributed by atoms with Gasteiger partial charge in [-0.25, -0.2) is 8.42 Å². The molecule has 0 N–H and O–H groups in total. The van der Waals surface area contributed by atoms with Crippen LogP contribution in [0, 0.1) is 0 Å². The summed E-state index contributed by atoms with van der Waals surface area (Å²) in [5, 5.41) is 1.54. The first-order valence-electron chi connectivity index (χ1n) is 3.92. The van der Waals surface area contributed by atoms with E-state index in [2.05, 4.69) is 4.99 Å². The van der Waals surface area contributed by atoms with Crippen LogP contribution in [0.4, 0.5) is 0 Å². The summed E-state index contributed by atoms with van der Waals surface area (Å²) in [5.41, 5.74) is 0. The van der Waals surface area contributed by atoms with Gasteiger partial charge >= 0.3 is 0 Å². The van der Waals surface area contributed by atoms with E-state index in [1.165, 1.54) is 6.26 Å². The maximum absolute atomic E-state index is 11.3. The van der Waals surface area contributed by atoms with Crippen molar-refractivity contribution in [2.24, 2.45) is 4.99 Å². The summed E-state index contributed by atoms with van der Waals surface area (Å²) < 4.78 is 22.6. The Morgan fingerprint density at radius 3 is 2.69 bits per heavy atom. The lowest BCUT2D eigenvalue weighted by atomic mass is 10.3. The van der Waals surface area contributed by atoms with Gasteiger partial charge in [0, 0.05) is 11.5 Å². The first-order chi connectivity index (χ1) is 6.09. The molecule has 0 aromatic heterocycles. The molecule has 0 aliphatic carbocycles. The zero-order valence-corrected chi connectivity index (χ0v) is 8.00. The molecule has 68 valence electrons. The molecule has 0 bridgehead atoms. The molecule has 1 heterocycles. The average Bonchev–Trinajstić information content (AvgIpc) is 2.45. The monoisotopic (exact) mass is 195 g/mol. The molecule has 1 aliphatic rings. The predicted molar refractivity (Wildman–Crippen MR) is 50.3 cm³/mol.